The summed E-state index contributed by atoms with van der Waals surface area (Å²) in [7, 11) is 2.93. The fraction of sp³-hybridized carbons (Fsp3) is 0.412. The molecular weight excluding hydrogens is 312 g/mol. The van der Waals surface area contributed by atoms with Crippen molar-refractivity contribution in [3.05, 3.63) is 29.5 Å². The van der Waals surface area contributed by atoms with Crippen molar-refractivity contribution < 1.29 is 24.2 Å². The van der Waals surface area contributed by atoms with Gasteiger partial charge in [0, 0.05) is 24.4 Å². The Morgan fingerprint density at radius 2 is 1.96 bits per heavy atom. The van der Waals surface area contributed by atoms with E-state index in [4.69, 9.17) is 9.47 Å². The number of carbonyl (C=O) groups excluding carboxylic acids is 1. The van der Waals surface area contributed by atoms with Gasteiger partial charge in [-0.25, -0.2) is 4.79 Å². The molecule has 1 amide bonds. The van der Waals surface area contributed by atoms with Crippen LogP contribution in [-0.4, -0.2) is 43.8 Å². The van der Waals surface area contributed by atoms with Crippen LogP contribution in [-0.2, 0) is 0 Å². The first-order valence-electron chi connectivity index (χ1n) is 7.72. The van der Waals surface area contributed by atoms with Crippen molar-refractivity contribution in [3.8, 4) is 11.5 Å². The van der Waals surface area contributed by atoms with Gasteiger partial charge in [0.25, 0.3) is 0 Å². The van der Waals surface area contributed by atoms with Gasteiger partial charge in [-0.1, -0.05) is 6.92 Å². The maximum Gasteiger partial charge on any atom is 0.412 e. The van der Waals surface area contributed by atoms with E-state index in [0.717, 1.165) is 11.3 Å². The van der Waals surface area contributed by atoms with Gasteiger partial charge in [0.2, 0.25) is 0 Å². The molecule has 2 rings (SSSR count). The number of hydrogen-bond acceptors (Lipinski definition) is 5. The van der Waals surface area contributed by atoms with Gasteiger partial charge in [-0.3, -0.25) is 9.69 Å². The van der Waals surface area contributed by atoms with Gasteiger partial charge in [-0.2, -0.15) is 0 Å². The molecule has 0 aromatic heterocycles. The number of carbonyl (C=O) groups is 2. The summed E-state index contributed by atoms with van der Waals surface area (Å²) in [6.45, 7) is 4.40. The second kappa shape index (κ2) is 7.25. The van der Waals surface area contributed by atoms with E-state index in [1.54, 1.807) is 13.1 Å². The number of rotatable bonds is 5. The molecule has 1 unspecified atom stereocenters. The van der Waals surface area contributed by atoms with Gasteiger partial charge in [-0.05, 0) is 19.4 Å². The quantitative estimate of drug-likeness (QED) is 0.636. The highest BCUT2D eigenvalue weighted by Crippen LogP contribution is 2.40. The molecule has 1 atom stereocenters. The number of ketones is 1. The SMILES string of the molecule is CCCNC=C1C(=O)c2cc(OC)c(OC)cc2N(C(=O)O)C1C. The van der Waals surface area contributed by atoms with Gasteiger partial charge >= 0.3 is 6.09 Å². The fourth-order valence-electron chi connectivity index (χ4n) is 2.72. The number of amides is 1. The number of fused-ring (bicyclic) bond motifs is 1. The second-order valence-corrected chi connectivity index (χ2v) is 5.44. The van der Waals surface area contributed by atoms with Crippen molar-refractivity contribution in [2.75, 3.05) is 25.7 Å². The molecule has 1 aliphatic rings. The second-order valence-electron chi connectivity index (χ2n) is 5.44. The molecule has 7 nitrogen and oxygen atoms in total. The standard InChI is InChI=1S/C17H22N2O5/c1-5-6-18-9-12-10(2)19(17(21)22)13-8-15(24-4)14(23-3)7-11(13)16(12)20/h7-10,18H,5-6H2,1-4H3,(H,21,22). The molecule has 130 valence electrons. The highest BCUT2D eigenvalue weighted by atomic mass is 16.5. The lowest BCUT2D eigenvalue weighted by molar-refractivity contribution is 0.102. The zero-order valence-electron chi connectivity index (χ0n) is 14.3. The van der Waals surface area contributed by atoms with Crippen LogP contribution in [0.2, 0.25) is 0 Å². The van der Waals surface area contributed by atoms with Crippen molar-refractivity contribution in [1.82, 2.24) is 5.32 Å². The normalized spacial score (nSPS) is 18.3. The van der Waals surface area contributed by atoms with Crippen LogP contribution in [0.3, 0.4) is 0 Å². The maximum atomic E-state index is 12.8. The summed E-state index contributed by atoms with van der Waals surface area (Å²) in [4.78, 5) is 25.8. The zero-order valence-corrected chi connectivity index (χ0v) is 14.3. The molecule has 1 heterocycles. The van der Waals surface area contributed by atoms with E-state index in [-0.39, 0.29) is 11.3 Å². The smallest absolute Gasteiger partial charge is 0.412 e. The van der Waals surface area contributed by atoms with E-state index in [2.05, 4.69) is 5.32 Å². The van der Waals surface area contributed by atoms with Crippen LogP contribution in [0, 0.1) is 0 Å². The molecule has 1 aliphatic heterocycles. The summed E-state index contributed by atoms with van der Waals surface area (Å²) >= 11 is 0. The predicted octanol–water partition coefficient (Wildman–Crippen LogP) is 2.66. The van der Waals surface area contributed by atoms with Crippen LogP contribution >= 0.6 is 0 Å². The lowest BCUT2D eigenvalue weighted by atomic mass is 9.90. The number of ether oxygens (including phenoxy) is 2. The van der Waals surface area contributed by atoms with Gasteiger partial charge in [0.1, 0.15) is 0 Å². The molecular formula is C17H22N2O5. The molecule has 1 aromatic rings. The summed E-state index contributed by atoms with van der Waals surface area (Å²) in [5, 5.41) is 12.7. The summed E-state index contributed by atoms with van der Waals surface area (Å²) in [5.41, 5.74) is 0.966. The highest BCUT2D eigenvalue weighted by Gasteiger charge is 2.37. The van der Waals surface area contributed by atoms with Gasteiger partial charge in [0.05, 0.1) is 31.5 Å². The van der Waals surface area contributed by atoms with Crippen LogP contribution in [0.1, 0.15) is 30.6 Å². The Kier molecular flexibility index (Phi) is 5.33. The van der Waals surface area contributed by atoms with Crippen molar-refractivity contribution in [2.24, 2.45) is 0 Å². The third kappa shape index (κ3) is 3.02. The minimum Gasteiger partial charge on any atom is -0.493 e. The number of nitrogens with one attached hydrogen (secondary N) is 1. The number of methoxy groups -OCH3 is 2. The van der Waals surface area contributed by atoms with Gasteiger partial charge < -0.3 is 19.9 Å². The lowest BCUT2D eigenvalue weighted by Crippen LogP contribution is -2.45. The van der Waals surface area contributed by atoms with E-state index in [0.29, 0.717) is 29.3 Å². The van der Waals surface area contributed by atoms with Crippen LogP contribution in [0.5, 0.6) is 11.5 Å². The first kappa shape index (κ1) is 17.7. The molecule has 0 fully saturated rings. The van der Waals surface area contributed by atoms with Crippen LogP contribution in [0.15, 0.2) is 23.9 Å². The zero-order chi connectivity index (χ0) is 17.9. The Morgan fingerprint density at radius 3 is 2.50 bits per heavy atom. The van der Waals surface area contributed by atoms with Crippen molar-refractivity contribution in [2.45, 2.75) is 26.3 Å². The molecule has 0 spiro atoms. The molecule has 0 aliphatic carbocycles. The molecule has 0 saturated carbocycles. The molecule has 1 aromatic carbocycles. The Labute approximate surface area is 140 Å². The number of anilines is 1. The monoisotopic (exact) mass is 334 g/mol. The number of hydrogen-bond donors (Lipinski definition) is 2. The van der Waals surface area contributed by atoms with Crippen molar-refractivity contribution in [3.63, 3.8) is 0 Å². The number of nitrogens with zero attached hydrogens (tertiary/aromatic N) is 1. The molecule has 0 bridgehead atoms. The largest absolute Gasteiger partial charge is 0.493 e. The molecule has 2 N–H and O–H groups in total. The predicted molar refractivity (Wildman–Crippen MR) is 90.2 cm³/mol. The third-order valence-corrected chi connectivity index (χ3v) is 3.96. The summed E-state index contributed by atoms with van der Waals surface area (Å²) in [6, 6.07) is 2.43. The topological polar surface area (TPSA) is 88.1 Å². The molecule has 0 saturated heterocycles. The Morgan fingerprint density at radius 1 is 1.33 bits per heavy atom. The average Bonchev–Trinajstić information content (AvgIpc) is 2.56. The Hall–Kier alpha value is -2.70. The minimum absolute atomic E-state index is 0.223. The van der Waals surface area contributed by atoms with Crippen LogP contribution in [0.25, 0.3) is 0 Å². The average molecular weight is 334 g/mol. The highest BCUT2D eigenvalue weighted by molar-refractivity contribution is 6.18. The fourth-order valence-corrected chi connectivity index (χ4v) is 2.72. The molecule has 7 heteroatoms. The number of Topliss-reactive ketones (excluding diaryl/α,β-unsaturated/α-hetero) is 1. The van der Waals surface area contributed by atoms with E-state index in [9.17, 15) is 14.7 Å². The first-order valence-corrected chi connectivity index (χ1v) is 7.72. The van der Waals surface area contributed by atoms with Crippen molar-refractivity contribution >= 4 is 17.6 Å². The molecule has 24 heavy (non-hydrogen) atoms. The summed E-state index contributed by atoms with van der Waals surface area (Å²) < 4.78 is 10.5. The minimum atomic E-state index is -1.13. The van der Waals surface area contributed by atoms with Gasteiger partial charge in [-0.15, -0.1) is 0 Å². The maximum absolute atomic E-state index is 12.8. The first-order chi connectivity index (χ1) is 11.5. The van der Waals surface area contributed by atoms with E-state index in [1.165, 1.54) is 26.4 Å². The summed E-state index contributed by atoms with van der Waals surface area (Å²) in [6.07, 6.45) is 1.37. The third-order valence-electron chi connectivity index (χ3n) is 3.96. The van der Waals surface area contributed by atoms with Crippen molar-refractivity contribution in [1.29, 1.82) is 0 Å². The van der Waals surface area contributed by atoms with E-state index >= 15 is 0 Å². The van der Waals surface area contributed by atoms with Crippen LogP contribution < -0.4 is 19.7 Å². The van der Waals surface area contributed by atoms with Crippen LogP contribution in [0.4, 0.5) is 10.5 Å². The Balaban J connectivity index is 2.61. The van der Waals surface area contributed by atoms with E-state index in [1.807, 2.05) is 6.92 Å². The lowest BCUT2D eigenvalue weighted by Gasteiger charge is -2.34. The van der Waals surface area contributed by atoms with E-state index < -0.39 is 12.1 Å². The summed E-state index contributed by atoms with van der Waals surface area (Å²) in [5.74, 6) is 0.531. The van der Waals surface area contributed by atoms with Gasteiger partial charge in [0.15, 0.2) is 17.3 Å². The number of benzene rings is 1. The Bertz CT molecular complexity index is 684. The molecule has 0 radical (unpaired) electrons. The number of carboxylic acid groups (broad SMARTS) is 1.